The fourth-order valence-corrected chi connectivity index (χ4v) is 4.46. The molecular formula is C30H46N12O3. The van der Waals surface area contributed by atoms with E-state index in [9.17, 15) is 14.7 Å². The Morgan fingerprint density at radius 1 is 0.778 bits per heavy atom. The molecule has 244 valence electrons. The Bertz CT molecular complexity index is 1830. The van der Waals surface area contributed by atoms with Crippen molar-refractivity contribution < 1.29 is 5.11 Å². The predicted octanol–water partition coefficient (Wildman–Crippen LogP) is 4.17. The van der Waals surface area contributed by atoms with Crippen LogP contribution in [0.3, 0.4) is 0 Å². The highest BCUT2D eigenvalue weighted by Crippen LogP contribution is 2.33. The van der Waals surface area contributed by atoms with Gasteiger partial charge in [0, 0.05) is 23.7 Å². The summed E-state index contributed by atoms with van der Waals surface area (Å²) in [5.74, 6) is 1.97. The van der Waals surface area contributed by atoms with Crippen molar-refractivity contribution >= 4 is 34.4 Å². The predicted molar refractivity (Wildman–Crippen MR) is 175 cm³/mol. The second-order valence-corrected chi connectivity index (χ2v) is 13.7. The molecule has 3 N–H and O–H groups in total. The van der Waals surface area contributed by atoms with E-state index >= 15 is 0 Å². The highest BCUT2D eigenvalue weighted by molar-refractivity contribution is 5.70. The Hall–Kier alpha value is -4.53. The Kier molecular flexibility index (Phi) is 9.68. The van der Waals surface area contributed by atoms with Gasteiger partial charge in [0.1, 0.15) is 23.4 Å². The van der Waals surface area contributed by atoms with Crippen LogP contribution in [0.15, 0.2) is 27.2 Å². The third kappa shape index (κ3) is 7.41. The molecule has 6 heterocycles. The molecule has 0 amide bonds. The highest BCUT2D eigenvalue weighted by Gasteiger charge is 2.25. The van der Waals surface area contributed by atoms with Crippen LogP contribution < -0.4 is 11.1 Å². The van der Waals surface area contributed by atoms with E-state index in [4.69, 9.17) is 0 Å². The molecule has 0 bridgehead atoms. The van der Waals surface area contributed by atoms with E-state index < -0.39 is 6.10 Å². The van der Waals surface area contributed by atoms with Crippen molar-refractivity contribution in [2.45, 2.75) is 113 Å². The van der Waals surface area contributed by atoms with Gasteiger partial charge in [0.15, 0.2) is 28.1 Å². The van der Waals surface area contributed by atoms with Gasteiger partial charge < -0.3 is 24.2 Å². The molecule has 0 saturated carbocycles. The summed E-state index contributed by atoms with van der Waals surface area (Å²) in [5, 5.41) is 17.5. The summed E-state index contributed by atoms with van der Waals surface area (Å²) in [4.78, 5) is 49.5. The molecule has 5 aromatic heterocycles. The number of aliphatic hydroxyl groups is 1. The van der Waals surface area contributed by atoms with E-state index in [1.807, 2.05) is 50.7 Å². The normalized spacial score (nSPS) is 14.7. The average Bonchev–Trinajstić information content (AvgIpc) is 3.60. The number of nitrogens with one attached hydrogen (secondary N) is 2. The van der Waals surface area contributed by atoms with Gasteiger partial charge in [-0.3, -0.25) is 9.59 Å². The summed E-state index contributed by atoms with van der Waals surface area (Å²) in [6.45, 7) is 21.9. The molecule has 15 nitrogen and oxygen atoms in total. The number of aliphatic hydroxyl groups excluding tert-OH is 1. The summed E-state index contributed by atoms with van der Waals surface area (Å²) < 4.78 is 5.55. The van der Waals surface area contributed by atoms with E-state index in [0.717, 1.165) is 5.82 Å². The van der Waals surface area contributed by atoms with Crippen LogP contribution >= 0.6 is 0 Å². The molecule has 0 fully saturated rings. The molecule has 45 heavy (non-hydrogen) atoms. The maximum absolute atomic E-state index is 11.6. The molecular weight excluding hydrogens is 576 g/mol. The molecule has 0 spiro atoms. The Labute approximate surface area is 261 Å². The number of aryl methyl sites for hydroxylation is 2. The number of aromatic nitrogens is 11. The van der Waals surface area contributed by atoms with Gasteiger partial charge in [0.05, 0.1) is 18.2 Å². The van der Waals surface area contributed by atoms with Gasteiger partial charge >= 0.3 is 0 Å². The van der Waals surface area contributed by atoms with E-state index in [0.29, 0.717) is 40.6 Å². The molecule has 5 aromatic rings. The fourth-order valence-electron chi connectivity index (χ4n) is 4.46. The number of imidazole rings is 2. The summed E-state index contributed by atoms with van der Waals surface area (Å²) in [7, 11) is 0. The molecule has 1 unspecified atom stereocenters. The summed E-state index contributed by atoms with van der Waals surface area (Å²) in [6, 6.07) is 0. The zero-order valence-corrected chi connectivity index (χ0v) is 27.3. The number of H-pyrrole nitrogens is 2. The SMILES string of the molecule is C.CC(C)(C)n1cnc2c1N=CCC2O.Cc1nc2c(ncn2C(C)(C)C)c(=O)[nH]1.Cc1nc2c(nnn2C(C)(C)C)c(=O)[nH]1. The molecule has 15 heteroatoms. The van der Waals surface area contributed by atoms with Crippen LogP contribution in [0.5, 0.6) is 0 Å². The van der Waals surface area contributed by atoms with Crippen molar-refractivity contribution in [2.75, 3.05) is 0 Å². The Morgan fingerprint density at radius 2 is 1.31 bits per heavy atom. The van der Waals surface area contributed by atoms with Crippen LogP contribution in [-0.2, 0) is 16.6 Å². The summed E-state index contributed by atoms with van der Waals surface area (Å²) in [6.07, 6.45) is 5.22. The number of aromatic amines is 2. The molecule has 6 rings (SSSR count). The number of fused-ring (bicyclic) bond motifs is 3. The highest BCUT2D eigenvalue weighted by atomic mass is 16.3. The molecule has 0 radical (unpaired) electrons. The van der Waals surface area contributed by atoms with E-state index in [2.05, 4.69) is 66.0 Å². The third-order valence-corrected chi connectivity index (χ3v) is 6.66. The zero-order valence-electron chi connectivity index (χ0n) is 27.3. The van der Waals surface area contributed by atoms with E-state index in [1.165, 1.54) is 0 Å². The minimum Gasteiger partial charge on any atom is -0.386 e. The molecule has 1 atom stereocenters. The molecule has 0 aliphatic carbocycles. The lowest BCUT2D eigenvalue weighted by Gasteiger charge is -2.23. The van der Waals surface area contributed by atoms with Crippen molar-refractivity contribution in [3.8, 4) is 0 Å². The maximum Gasteiger partial charge on any atom is 0.281 e. The van der Waals surface area contributed by atoms with Crippen LogP contribution in [0.4, 0.5) is 5.82 Å². The first kappa shape index (κ1) is 35.0. The smallest absolute Gasteiger partial charge is 0.281 e. The number of aliphatic imine (C=N–C) groups is 1. The minimum atomic E-state index is -0.494. The van der Waals surface area contributed by atoms with Crippen LogP contribution in [-0.4, -0.2) is 65.4 Å². The lowest BCUT2D eigenvalue weighted by molar-refractivity contribution is 0.182. The van der Waals surface area contributed by atoms with Gasteiger partial charge in [-0.1, -0.05) is 12.6 Å². The second kappa shape index (κ2) is 12.5. The van der Waals surface area contributed by atoms with Crippen LogP contribution in [0.2, 0.25) is 0 Å². The van der Waals surface area contributed by atoms with Crippen molar-refractivity contribution in [3.63, 3.8) is 0 Å². The molecule has 1 aliphatic heterocycles. The number of hydrogen-bond acceptors (Lipinski definition) is 10. The van der Waals surface area contributed by atoms with Gasteiger partial charge in [0.25, 0.3) is 11.1 Å². The third-order valence-electron chi connectivity index (χ3n) is 6.66. The first-order valence-corrected chi connectivity index (χ1v) is 14.3. The Balaban J connectivity index is 0.000000182. The fraction of sp³-hybridized carbons (Fsp3) is 0.567. The standard InChI is InChI=1S/C10H14N4O.C10H15N3O.C9H13N5O.CH4/c1-6-12-8-7(9(15)13-6)11-5-14(8)10(2,3)4;1-10(2,3)13-6-12-8-7(14)4-5-11-9(8)13;1-5-10-7-6(8(15)11-5)12-13-14(7)9(2,3)4;/h5H,1-4H3,(H,12,13,15);5-7,14H,4H2,1-3H3;1-4H3,(H,10,11,15);1H4. The zero-order chi connectivity index (χ0) is 32.8. The topological polar surface area (TPSA) is 190 Å². The maximum atomic E-state index is 11.6. The first-order chi connectivity index (χ1) is 20.3. The summed E-state index contributed by atoms with van der Waals surface area (Å²) >= 11 is 0. The lowest BCUT2D eigenvalue weighted by Crippen LogP contribution is -2.24. The van der Waals surface area contributed by atoms with Gasteiger partial charge in [-0.2, -0.15) is 0 Å². The number of nitrogens with zero attached hydrogens (tertiary/aromatic N) is 10. The second-order valence-electron chi connectivity index (χ2n) is 13.7. The van der Waals surface area contributed by atoms with Crippen molar-refractivity contribution in [3.05, 3.63) is 50.7 Å². The van der Waals surface area contributed by atoms with Crippen LogP contribution in [0.1, 0.15) is 99.6 Å². The molecule has 0 aromatic carbocycles. The van der Waals surface area contributed by atoms with Gasteiger partial charge in [-0.15, -0.1) is 5.10 Å². The molecule has 1 aliphatic rings. The number of rotatable bonds is 0. The van der Waals surface area contributed by atoms with Gasteiger partial charge in [0.2, 0.25) is 0 Å². The van der Waals surface area contributed by atoms with Crippen molar-refractivity contribution in [1.29, 1.82) is 0 Å². The monoisotopic (exact) mass is 622 g/mol. The van der Waals surface area contributed by atoms with Crippen LogP contribution in [0, 0.1) is 13.8 Å². The van der Waals surface area contributed by atoms with E-state index in [-0.39, 0.29) is 40.7 Å². The molecule has 0 saturated heterocycles. The first-order valence-electron chi connectivity index (χ1n) is 14.3. The van der Waals surface area contributed by atoms with Crippen LogP contribution in [0.25, 0.3) is 22.3 Å². The van der Waals surface area contributed by atoms with E-state index in [1.54, 1.807) is 37.4 Å². The minimum absolute atomic E-state index is 0. The Morgan fingerprint density at radius 3 is 1.87 bits per heavy atom. The van der Waals surface area contributed by atoms with Gasteiger partial charge in [-0.25, -0.2) is 29.6 Å². The van der Waals surface area contributed by atoms with Gasteiger partial charge in [-0.05, 0) is 76.2 Å². The van der Waals surface area contributed by atoms with Crippen molar-refractivity contribution in [1.82, 2.24) is 54.0 Å². The largest absolute Gasteiger partial charge is 0.386 e. The average molecular weight is 623 g/mol. The summed E-state index contributed by atoms with van der Waals surface area (Å²) in [5.41, 5.74) is 1.73. The quantitative estimate of drug-likeness (QED) is 0.227. The number of hydrogen-bond donors (Lipinski definition) is 3. The lowest BCUT2D eigenvalue weighted by atomic mass is 10.1. The van der Waals surface area contributed by atoms with Crippen molar-refractivity contribution in [2.24, 2.45) is 4.99 Å².